The lowest BCUT2D eigenvalue weighted by Crippen LogP contribution is -2.51. The molecule has 0 saturated heterocycles. The zero-order valence-electron chi connectivity index (χ0n) is 14.9. The minimum Gasteiger partial charge on any atom is -0.370 e. The molecule has 0 aliphatic carbocycles. The minimum absolute atomic E-state index is 0.0985. The molecule has 27 heavy (non-hydrogen) atoms. The summed E-state index contributed by atoms with van der Waals surface area (Å²) in [6.07, 6.45) is 3.78. The third-order valence-corrected chi connectivity index (χ3v) is 4.79. The molecule has 1 heterocycles. The lowest BCUT2D eigenvalue weighted by Gasteiger charge is -2.15. The molecule has 1 atom stereocenters. The van der Waals surface area contributed by atoms with Gasteiger partial charge in [-0.05, 0) is 30.7 Å². The molecule has 0 unspecified atom stereocenters. The predicted molar refractivity (Wildman–Crippen MR) is 112 cm³/mol. The molecule has 5 heteroatoms. The van der Waals surface area contributed by atoms with Gasteiger partial charge in [0.2, 0.25) is 5.78 Å². The van der Waals surface area contributed by atoms with E-state index in [1.54, 1.807) is 24.3 Å². The van der Waals surface area contributed by atoms with Crippen molar-refractivity contribution >= 4 is 34.6 Å². The van der Waals surface area contributed by atoms with Crippen LogP contribution in [0.1, 0.15) is 27.5 Å². The SMILES string of the molecule is Cc1ccc[n+]([C@H](C(=O)c2cccc(Cl)c2)C(=S)NCc2ccccc2)c1. The number of thiocarbonyl (C=S) groups is 1. The standard InChI is InChI=1S/C22H19ClN2OS/c1-16-7-6-12-25(15-16)20(21(26)18-10-5-11-19(23)13-18)22(27)24-14-17-8-3-2-4-9-17/h2-13,15,20H,14H2,1H3/p+1/t20-/m1/s1. The van der Waals surface area contributed by atoms with Crippen LogP contribution in [-0.2, 0) is 6.54 Å². The Morgan fingerprint density at radius 1 is 1.11 bits per heavy atom. The Morgan fingerprint density at radius 3 is 2.59 bits per heavy atom. The van der Waals surface area contributed by atoms with E-state index in [0.29, 0.717) is 22.1 Å². The maximum atomic E-state index is 13.3. The van der Waals surface area contributed by atoms with E-state index in [0.717, 1.165) is 11.1 Å². The number of halogens is 1. The van der Waals surface area contributed by atoms with E-state index in [1.807, 2.05) is 66.3 Å². The van der Waals surface area contributed by atoms with Crippen molar-refractivity contribution in [1.82, 2.24) is 5.32 Å². The van der Waals surface area contributed by atoms with Crippen LogP contribution in [0.4, 0.5) is 0 Å². The third kappa shape index (κ3) is 5.00. The van der Waals surface area contributed by atoms with Gasteiger partial charge in [-0.3, -0.25) is 4.79 Å². The monoisotopic (exact) mass is 395 g/mol. The predicted octanol–water partition coefficient (Wildman–Crippen LogP) is 4.48. The third-order valence-electron chi connectivity index (χ3n) is 4.18. The van der Waals surface area contributed by atoms with Crippen molar-refractivity contribution in [3.05, 3.63) is 101 Å². The number of hydrogen-bond donors (Lipinski definition) is 1. The summed E-state index contributed by atoms with van der Waals surface area (Å²) < 4.78 is 1.85. The number of rotatable bonds is 6. The van der Waals surface area contributed by atoms with E-state index >= 15 is 0 Å². The van der Waals surface area contributed by atoms with E-state index in [4.69, 9.17) is 23.8 Å². The summed E-state index contributed by atoms with van der Waals surface area (Å²) in [5.74, 6) is -0.0985. The van der Waals surface area contributed by atoms with Gasteiger partial charge in [0, 0.05) is 28.8 Å². The Hall–Kier alpha value is -2.56. The molecule has 136 valence electrons. The fraction of sp³-hybridized carbons (Fsp3) is 0.136. The van der Waals surface area contributed by atoms with Gasteiger partial charge in [0.05, 0.1) is 0 Å². The van der Waals surface area contributed by atoms with Crippen LogP contribution in [-0.4, -0.2) is 10.8 Å². The van der Waals surface area contributed by atoms with Gasteiger partial charge < -0.3 is 5.32 Å². The Kier molecular flexibility index (Phi) is 6.32. The molecule has 0 saturated carbocycles. The molecule has 3 aromatic rings. The van der Waals surface area contributed by atoms with Crippen LogP contribution in [0, 0.1) is 6.92 Å². The first-order valence-corrected chi connectivity index (χ1v) is 9.42. The molecular weight excluding hydrogens is 376 g/mol. The summed E-state index contributed by atoms with van der Waals surface area (Å²) in [6, 6.07) is 20.2. The van der Waals surface area contributed by atoms with E-state index in [-0.39, 0.29) is 5.78 Å². The summed E-state index contributed by atoms with van der Waals surface area (Å²) in [5.41, 5.74) is 2.68. The second-order valence-electron chi connectivity index (χ2n) is 6.31. The number of nitrogens with one attached hydrogen (secondary N) is 1. The maximum absolute atomic E-state index is 13.3. The molecule has 0 aliphatic rings. The van der Waals surface area contributed by atoms with Crippen LogP contribution in [0.2, 0.25) is 5.02 Å². The lowest BCUT2D eigenvalue weighted by molar-refractivity contribution is -0.692. The lowest BCUT2D eigenvalue weighted by atomic mass is 10.0. The summed E-state index contributed by atoms with van der Waals surface area (Å²) in [5, 5.41) is 3.76. The van der Waals surface area contributed by atoms with Gasteiger partial charge in [0.15, 0.2) is 17.4 Å². The van der Waals surface area contributed by atoms with Crippen molar-refractivity contribution in [3.8, 4) is 0 Å². The summed E-state index contributed by atoms with van der Waals surface area (Å²) in [4.78, 5) is 13.7. The van der Waals surface area contributed by atoms with E-state index < -0.39 is 6.04 Å². The van der Waals surface area contributed by atoms with Crippen LogP contribution in [0.5, 0.6) is 0 Å². The van der Waals surface area contributed by atoms with Gasteiger partial charge in [0.1, 0.15) is 0 Å². The molecule has 0 aliphatic heterocycles. The molecular formula is C22H20ClN2OS+. The molecule has 2 aromatic carbocycles. The molecule has 3 rings (SSSR count). The number of pyridine rings is 1. The number of Topliss-reactive ketones (excluding diaryl/α,β-unsaturated/α-hetero) is 1. The fourth-order valence-corrected chi connectivity index (χ4v) is 3.34. The van der Waals surface area contributed by atoms with Crippen LogP contribution in [0.25, 0.3) is 0 Å². The number of aryl methyl sites for hydroxylation is 1. The van der Waals surface area contributed by atoms with Gasteiger partial charge in [-0.1, -0.05) is 66.3 Å². The number of carbonyl (C=O) groups is 1. The second-order valence-corrected chi connectivity index (χ2v) is 7.19. The second kappa shape index (κ2) is 8.89. The Balaban J connectivity index is 1.89. The number of ketones is 1. The number of carbonyl (C=O) groups excluding carboxylic acids is 1. The highest BCUT2D eigenvalue weighted by atomic mass is 35.5. The highest BCUT2D eigenvalue weighted by molar-refractivity contribution is 7.80. The minimum atomic E-state index is -0.637. The first-order chi connectivity index (χ1) is 13.0. The number of aromatic nitrogens is 1. The zero-order chi connectivity index (χ0) is 19.2. The van der Waals surface area contributed by atoms with Gasteiger partial charge in [-0.2, -0.15) is 4.57 Å². The van der Waals surface area contributed by atoms with Crippen molar-refractivity contribution in [1.29, 1.82) is 0 Å². The normalized spacial score (nSPS) is 11.6. The van der Waals surface area contributed by atoms with E-state index in [9.17, 15) is 4.79 Å². The van der Waals surface area contributed by atoms with Gasteiger partial charge in [-0.15, -0.1) is 0 Å². The molecule has 0 fully saturated rings. The fourth-order valence-electron chi connectivity index (χ4n) is 2.85. The average Bonchev–Trinajstić information content (AvgIpc) is 2.67. The van der Waals surface area contributed by atoms with Crippen molar-refractivity contribution < 1.29 is 9.36 Å². The highest BCUT2D eigenvalue weighted by Crippen LogP contribution is 2.16. The van der Waals surface area contributed by atoms with Crippen molar-refractivity contribution in [2.75, 3.05) is 0 Å². The van der Waals surface area contributed by atoms with Crippen molar-refractivity contribution in [2.45, 2.75) is 19.5 Å². The summed E-state index contributed by atoms with van der Waals surface area (Å²) in [6.45, 7) is 2.54. The summed E-state index contributed by atoms with van der Waals surface area (Å²) in [7, 11) is 0. The number of benzene rings is 2. The van der Waals surface area contributed by atoms with Crippen molar-refractivity contribution in [2.24, 2.45) is 0 Å². The largest absolute Gasteiger partial charge is 0.370 e. The Morgan fingerprint density at radius 2 is 1.89 bits per heavy atom. The molecule has 0 bridgehead atoms. The molecule has 1 N–H and O–H groups in total. The van der Waals surface area contributed by atoms with Crippen LogP contribution in [0.15, 0.2) is 79.1 Å². The Labute approximate surface area is 169 Å². The maximum Gasteiger partial charge on any atom is 0.270 e. The highest BCUT2D eigenvalue weighted by Gasteiger charge is 2.33. The van der Waals surface area contributed by atoms with Gasteiger partial charge >= 0.3 is 0 Å². The first kappa shape index (κ1) is 19.2. The first-order valence-electron chi connectivity index (χ1n) is 8.63. The topological polar surface area (TPSA) is 33.0 Å². The number of nitrogens with zero attached hydrogens (tertiary/aromatic N) is 1. The molecule has 0 spiro atoms. The van der Waals surface area contributed by atoms with Gasteiger partial charge in [-0.25, -0.2) is 0 Å². The smallest absolute Gasteiger partial charge is 0.270 e. The van der Waals surface area contributed by atoms with Crippen LogP contribution in [0.3, 0.4) is 0 Å². The summed E-state index contributed by atoms with van der Waals surface area (Å²) >= 11 is 11.7. The van der Waals surface area contributed by atoms with Gasteiger partial charge in [0.25, 0.3) is 6.04 Å². The number of hydrogen-bond acceptors (Lipinski definition) is 2. The van der Waals surface area contributed by atoms with E-state index in [2.05, 4.69) is 5.32 Å². The molecule has 1 aromatic heterocycles. The van der Waals surface area contributed by atoms with Crippen molar-refractivity contribution in [3.63, 3.8) is 0 Å². The molecule has 0 radical (unpaired) electrons. The Bertz CT molecular complexity index is 959. The van der Waals surface area contributed by atoms with E-state index in [1.165, 1.54) is 0 Å². The van der Waals surface area contributed by atoms with Crippen LogP contribution < -0.4 is 9.88 Å². The zero-order valence-corrected chi connectivity index (χ0v) is 16.5. The molecule has 0 amide bonds. The quantitative estimate of drug-likeness (QED) is 0.379. The molecule has 3 nitrogen and oxygen atoms in total. The average molecular weight is 396 g/mol. The van der Waals surface area contributed by atoms with Crippen LogP contribution >= 0.6 is 23.8 Å².